The molecule has 0 amide bonds. The summed E-state index contributed by atoms with van der Waals surface area (Å²) in [6, 6.07) is 7.99. The number of halogens is 1. The highest BCUT2D eigenvalue weighted by atomic mass is 79.9. The highest BCUT2D eigenvalue weighted by Crippen LogP contribution is 2.20. The summed E-state index contributed by atoms with van der Waals surface area (Å²) in [6.07, 6.45) is 0. The molecule has 1 heterocycles. The van der Waals surface area contributed by atoms with Gasteiger partial charge in [-0.25, -0.2) is 4.98 Å². The number of aromatic nitrogens is 2. The fourth-order valence-corrected chi connectivity index (χ4v) is 2.06. The molecule has 0 saturated heterocycles. The first-order valence-corrected chi connectivity index (χ1v) is 6.11. The van der Waals surface area contributed by atoms with E-state index < -0.39 is 0 Å². The van der Waals surface area contributed by atoms with E-state index in [4.69, 9.17) is 12.2 Å². The molecule has 1 aromatic heterocycles. The number of aromatic amines is 1. The molecule has 0 spiro atoms. The van der Waals surface area contributed by atoms with Crippen LogP contribution in [-0.4, -0.2) is 9.97 Å². The number of benzene rings is 1. The number of hydrogen-bond donors (Lipinski definition) is 1. The van der Waals surface area contributed by atoms with Crippen molar-refractivity contribution in [3.05, 3.63) is 44.6 Å². The Hall–Kier alpha value is -1.00. The number of nitrogens with zero attached hydrogens (tertiary/aromatic N) is 1. The Morgan fingerprint density at radius 3 is 2.69 bits per heavy atom. The van der Waals surface area contributed by atoms with Crippen LogP contribution >= 0.6 is 28.1 Å². The highest BCUT2D eigenvalue weighted by molar-refractivity contribution is 9.10. The van der Waals surface area contributed by atoms with Crippen LogP contribution in [0.4, 0.5) is 0 Å². The van der Waals surface area contributed by atoms with Gasteiger partial charge in [0.1, 0.15) is 10.5 Å². The average molecular weight is 295 g/mol. The van der Waals surface area contributed by atoms with Crippen molar-refractivity contribution < 1.29 is 0 Å². The van der Waals surface area contributed by atoms with Crippen LogP contribution in [0.5, 0.6) is 0 Å². The average Bonchev–Trinajstić information content (AvgIpc) is 2.25. The van der Waals surface area contributed by atoms with Gasteiger partial charge in [0.15, 0.2) is 0 Å². The topological polar surface area (TPSA) is 28.7 Å². The van der Waals surface area contributed by atoms with Crippen molar-refractivity contribution in [1.29, 1.82) is 0 Å². The fraction of sp³-hybridized carbons (Fsp3) is 0.167. The van der Waals surface area contributed by atoms with Crippen molar-refractivity contribution in [1.82, 2.24) is 9.97 Å². The number of hydrogen-bond acceptors (Lipinski definition) is 2. The Labute approximate surface area is 108 Å². The van der Waals surface area contributed by atoms with Crippen LogP contribution in [0.2, 0.25) is 0 Å². The zero-order valence-corrected chi connectivity index (χ0v) is 11.4. The Balaban J connectivity index is 2.61. The molecule has 0 atom stereocenters. The number of rotatable bonds is 1. The molecule has 0 radical (unpaired) electrons. The number of nitrogens with one attached hydrogen (secondary N) is 1. The molecule has 1 N–H and O–H groups in total. The van der Waals surface area contributed by atoms with Gasteiger partial charge in [0.05, 0.1) is 0 Å². The van der Waals surface area contributed by atoms with E-state index in [0.29, 0.717) is 4.64 Å². The van der Waals surface area contributed by atoms with E-state index in [1.54, 1.807) is 0 Å². The lowest BCUT2D eigenvalue weighted by Gasteiger charge is -2.06. The standard InChI is InChI=1S/C12H11BrN2S/c1-7-8(2)14-11(15-12(7)16)9-4-3-5-10(13)6-9/h3-6H,1-2H3,(H,14,15,16). The molecule has 16 heavy (non-hydrogen) atoms. The van der Waals surface area contributed by atoms with Crippen LogP contribution in [0.3, 0.4) is 0 Å². The van der Waals surface area contributed by atoms with Crippen molar-refractivity contribution in [3.63, 3.8) is 0 Å². The van der Waals surface area contributed by atoms with E-state index in [0.717, 1.165) is 27.1 Å². The Morgan fingerprint density at radius 1 is 1.31 bits per heavy atom. The minimum absolute atomic E-state index is 0.659. The van der Waals surface area contributed by atoms with Gasteiger partial charge < -0.3 is 4.98 Å². The van der Waals surface area contributed by atoms with Gasteiger partial charge in [0.2, 0.25) is 0 Å². The van der Waals surface area contributed by atoms with Crippen molar-refractivity contribution in [2.45, 2.75) is 13.8 Å². The first-order valence-electron chi connectivity index (χ1n) is 4.91. The summed E-state index contributed by atoms with van der Waals surface area (Å²) < 4.78 is 1.69. The van der Waals surface area contributed by atoms with Crippen LogP contribution in [0.15, 0.2) is 28.7 Å². The quantitative estimate of drug-likeness (QED) is 0.799. The Bertz CT molecular complexity index is 590. The lowest BCUT2D eigenvalue weighted by atomic mass is 10.2. The maximum Gasteiger partial charge on any atom is 0.139 e. The second kappa shape index (κ2) is 4.47. The Morgan fingerprint density at radius 2 is 2.06 bits per heavy atom. The van der Waals surface area contributed by atoms with Gasteiger partial charge in [-0.1, -0.05) is 40.3 Å². The molecule has 0 aliphatic carbocycles. The van der Waals surface area contributed by atoms with Crippen LogP contribution in [0.25, 0.3) is 11.4 Å². The molecule has 2 rings (SSSR count). The van der Waals surface area contributed by atoms with E-state index >= 15 is 0 Å². The first-order chi connectivity index (χ1) is 7.58. The minimum atomic E-state index is 0.659. The SMILES string of the molecule is Cc1[nH]c(-c2cccc(Br)c2)nc(=S)c1C. The molecule has 0 fully saturated rings. The molecular formula is C12H11BrN2S. The number of aryl methyl sites for hydroxylation is 1. The molecule has 4 heteroatoms. The predicted octanol–water partition coefficient (Wildman–Crippen LogP) is 4.19. The van der Waals surface area contributed by atoms with Crippen LogP contribution < -0.4 is 0 Å². The minimum Gasteiger partial charge on any atom is -0.343 e. The zero-order valence-electron chi connectivity index (χ0n) is 9.04. The van der Waals surface area contributed by atoms with Gasteiger partial charge in [-0.15, -0.1) is 0 Å². The van der Waals surface area contributed by atoms with E-state index in [-0.39, 0.29) is 0 Å². The predicted molar refractivity (Wildman–Crippen MR) is 72.0 cm³/mol. The Kier molecular flexibility index (Phi) is 3.21. The molecule has 0 saturated carbocycles. The molecule has 2 nitrogen and oxygen atoms in total. The second-order valence-electron chi connectivity index (χ2n) is 3.65. The van der Waals surface area contributed by atoms with Gasteiger partial charge in [-0.05, 0) is 26.0 Å². The van der Waals surface area contributed by atoms with Crippen LogP contribution in [0.1, 0.15) is 11.3 Å². The van der Waals surface area contributed by atoms with E-state index in [1.165, 1.54) is 0 Å². The lowest BCUT2D eigenvalue weighted by molar-refractivity contribution is 1.06. The molecular weight excluding hydrogens is 284 g/mol. The summed E-state index contributed by atoms with van der Waals surface area (Å²) in [6.45, 7) is 3.99. The monoisotopic (exact) mass is 294 g/mol. The number of H-pyrrole nitrogens is 1. The molecule has 82 valence electrons. The van der Waals surface area contributed by atoms with E-state index in [1.807, 2.05) is 38.1 Å². The van der Waals surface area contributed by atoms with Gasteiger partial charge in [-0.2, -0.15) is 0 Å². The first kappa shape index (κ1) is 11.5. The van der Waals surface area contributed by atoms with Crippen molar-refractivity contribution in [3.8, 4) is 11.4 Å². The van der Waals surface area contributed by atoms with Crippen molar-refractivity contribution >= 4 is 28.1 Å². The van der Waals surface area contributed by atoms with Crippen molar-refractivity contribution in [2.75, 3.05) is 0 Å². The fourth-order valence-electron chi connectivity index (χ4n) is 1.42. The van der Waals surface area contributed by atoms with Crippen LogP contribution in [0, 0.1) is 18.5 Å². The molecule has 0 unspecified atom stereocenters. The third-order valence-electron chi connectivity index (χ3n) is 2.50. The summed E-state index contributed by atoms with van der Waals surface area (Å²) >= 11 is 8.66. The summed E-state index contributed by atoms with van der Waals surface area (Å²) in [5.74, 6) is 0.814. The van der Waals surface area contributed by atoms with E-state index in [2.05, 4.69) is 25.9 Å². The summed E-state index contributed by atoms with van der Waals surface area (Å²) in [5, 5.41) is 0. The molecule has 1 aromatic carbocycles. The maximum absolute atomic E-state index is 5.22. The van der Waals surface area contributed by atoms with Gasteiger partial charge in [0.25, 0.3) is 0 Å². The smallest absolute Gasteiger partial charge is 0.139 e. The zero-order chi connectivity index (χ0) is 11.7. The lowest BCUT2D eigenvalue weighted by Crippen LogP contribution is -1.96. The van der Waals surface area contributed by atoms with Crippen molar-refractivity contribution in [2.24, 2.45) is 0 Å². The molecule has 2 aromatic rings. The molecule has 0 aliphatic rings. The largest absolute Gasteiger partial charge is 0.343 e. The van der Waals surface area contributed by atoms with E-state index in [9.17, 15) is 0 Å². The highest BCUT2D eigenvalue weighted by Gasteiger charge is 2.03. The van der Waals surface area contributed by atoms with Gasteiger partial charge in [-0.3, -0.25) is 0 Å². The molecule has 0 bridgehead atoms. The third-order valence-corrected chi connectivity index (χ3v) is 3.39. The summed E-state index contributed by atoms with van der Waals surface area (Å²) in [4.78, 5) is 7.64. The second-order valence-corrected chi connectivity index (χ2v) is 4.95. The van der Waals surface area contributed by atoms with Gasteiger partial charge in [0, 0.05) is 21.3 Å². The normalized spacial score (nSPS) is 10.4. The summed E-state index contributed by atoms with van der Waals surface area (Å²) in [5.41, 5.74) is 3.13. The molecule has 0 aliphatic heterocycles. The van der Waals surface area contributed by atoms with Gasteiger partial charge >= 0.3 is 0 Å². The summed E-state index contributed by atoms with van der Waals surface area (Å²) in [7, 11) is 0. The van der Waals surface area contributed by atoms with Crippen LogP contribution in [-0.2, 0) is 0 Å². The third kappa shape index (κ3) is 2.23. The maximum atomic E-state index is 5.22.